The van der Waals surface area contributed by atoms with Crippen LogP contribution < -0.4 is 0 Å². The molecule has 1 aromatic carbocycles. The zero-order chi connectivity index (χ0) is 11.0. The molecule has 0 bridgehead atoms. The molecule has 0 spiro atoms. The molecule has 0 N–H and O–H groups in total. The normalized spacial score (nSPS) is 8.21. The van der Waals surface area contributed by atoms with E-state index >= 15 is 0 Å². The lowest BCUT2D eigenvalue weighted by atomic mass is 10.4. The van der Waals surface area contributed by atoms with Crippen LogP contribution in [0.1, 0.15) is 0 Å². The molecule has 0 atom stereocenters. The molecule has 6 heteroatoms. The minimum atomic E-state index is 0.0625. The number of benzene rings is 1. The summed E-state index contributed by atoms with van der Waals surface area (Å²) in [5.41, 5.74) is 0. The molecule has 0 aliphatic carbocycles. The number of hydrogen-bond donors (Lipinski definition) is 0. The molecule has 0 saturated heterocycles. The number of ether oxygens (including phenoxy) is 1. The largest absolute Gasteiger partial charge is 0.398 e. The highest BCUT2D eigenvalue weighted by Gasteiger charge is 1.92. The van der Waals surface area contributed by atoms with E-state index in [2.05, 4.69) is 4.74 Å². The van der Waals surface area contributed by atoms with Gasteiger partial charge in [0.2, 0.25) is 0 Å². The molecule has 0 saturated carbocycles. The molecule has 0 radical (unpaired) electrons. The first-order chi connectivity index (χ1) is 6.60. The van der Waals surface area contributed by atoms with Crippen LogP contribution in [0.25, 0.3) is 0 Å². The van der Waals surface area contributed by atoms with Gasteiger partial charge in [0, 0.05) is 15.1 Å². The van der Waals surface area contributed by atoms with Gasteiger partial charge in [-0.2, -0.15) is 0 Å². The Bertz CT molecular complexity index is 258. The third kappa shape index (κ3) is 6.71. The van der Waals surface area contributed by atoms with Crippen LogP contribution in [0.15, 0.2) is 18.2 Å². The van der Waals surface area contributed by atoms with E-state index in [4.69, 9.17) is 44.4 Å². The summed E-state index contributed by atoms with van der Waals surface area (Å²) in [6, 6.07) is 4.90. The second kappa shape index (κ2) is 7.62. The van der Waals surface area contributed by atoms with E-state index in [1.807, 2.05) is 0 Å². The summed E-state index contributed by atoms with van der Waals surface area (Å²) in [5.74, 6) is 0. The molecule has 0 amide bonds. The van der Waals surface area contributed by atoms with Gasteiger partial charge in [-0.05, 0) is 18.2 Å². The lowest BCUT2D eigenvalue weighted by Crippen LogP contribution is -1.77. The number of rotatable bonds is 2. The molecule has 0 aliphatic rings. The molecule has 0 aliphatic heterocycles. The summed E-state index contributed by atoms with van der Waals surface area (Å²) < 4.78 is 3.47. The first kappa shape index (κ1) is 13.2. The number of halogens is 3. The SMILES string of the molecule is Clc1cc(Cl)cc(Cl)c1.O=COC=O. The molecule has 1 rings (SSSR count). The van der Waals surface area contributed by atoms with Crippen molar-refractivity contribution in [1.82, 2.24) is 0 Å². The van der Waals surface area contributed by atoms with E-state index in [0.717, 1.165) is 0 Å². The van der Waals surface area contributed by atoms with Gasteiger partial charge < -0.3 is 4.74 Å². The number of carbonyl (C=O) groups excluding carboxylic acids is 2. The van der Waals surface area contributed by atoms with Crippen molar-refractivity contribution in [3.8, 4) is 0 Å². The molecule has 0 fully saturated rings. The maximum atomic E-state index is 8.95. The van der Waals surface area contributed by atoms with E-state index in [-0.39, 0.29) is 12.9 Å². The quantitative estimate of drug-likeness (QED) is 0.603. The van der Waals surface area contributed by atoms with Gasteiger partial charge in [0.05, 0.1) is 0 Å². The molecule has 3 nitrogen and oxygen atoms in total. The average Bonchev–Trinajstić information content (AvgIpc) is 2.03. The van der Waals surface area contributed by atoms with Gasteiger partial charge in [-0.25, -0.2) is 0 Å². The fourth-order valence-electron chi connectivity index (χ4n) is 0.543. The van der Waals surface area contributed by atoms with Crippen molar-refractivity contribution < 1.29 is 14.3 Å². The Balaban J connectivity index is 0.000000292. The molecular weight excluding hydrogens is 250 g/mol. The highest BCUT2D eigenvalue weighted by molar-refractivity contribution is 6.38. The van der Waals surface area contributed by atoms with Crippen molar-refractivity contribution in [2.45, 2.75) is 0 Å². The maximum Gasteiger partial charge on any atom is 0.300 e. The third-order valence-corrected chi connectivity index (χ3v) is 1.59. The van der Waals surface area contributed by atoms with Gasteiger partial charge in [0.1, 0.15) is 0 Å². The molecule has 14 heavy (non-hydrogen) atoms. The monoisotopic (exact) mass is 254 g/mol. The lowest BCUT2D eigenvalue weighted by Gasteiger charge is -1.91. The zero-order valence-corrected chi connectivity index (χ0v) is 9.01. The fourth-order valence-corrected chi connectivity index (χ4v) is 1.42. The summed E-state index contributed by atoms with van der Waals surface area (Å²) >= 11 is 16.7. The van der Waals surface area contributed by atoms with Crippen molar-refractivity contribution in [3.63, 3.8) is 0 Å². The van der Waals surface area contributed by atoms with Crippen molar-refractivity contribution in [2.24, 2.45) is 0 Å². The molecule has 0 heterocycles. The van der Waals surface area contributed by atoms with Gasteiger partial charge in [0.15, 0.2) is 0 Å². The Morgan fingerprint density at radius 1 is 0.857 bits per heavy atom. The summed E-state index contributed by atoms with van der Waals surface area (Å²) in [7, 11) is 0. The van der Waals surface area contributed by atoms with Crippen molar-refractivity contribution in [1.29, 1.82) is 0 Å². The molecule has 1 aromatic rings. The van der Waals surface area contributed by atoms with Gasteiger partial charge in [-0.1, -0.05) is 34.8 Å². The molecule has 0 aromatic heterocycles. The Morgan fingerprint density at radius 2 is 1.14 bits per heavy atom. The minimum absolute atomic E-state index is 0.0625. The van der Waals surface area contributed by atoms with Crippen LogP contribution >= 0.6 is 34.8 Å². The van der Waals surface area contributed by atoms with Crippen LogP contribution in [0, 0.1) is 0 Å². The predicted molar refractivity (Wildman–Crippen MR) is 54.7 cm³/mol. The van der Waals surface area contributed by atoms with Crippen molar-refractivity contribution in [2.75, 3.05) is 0 Å². The first-order valence-electron chi connectivity index (χ1n) is 3.24. The summed E-state index contributed by atoms with van der Waals surface area (Å²) in [4.78, 5) is 17.9. The highest BCUT2D eigenvalue weighted by atomic mass is 35.5. The fraction of sp³-hybridized carbons (Fsp3) is 0. The Kier molecular flexibility index (Phi) is 7.20. The summed E-state index contributed by atoms with van der Waals surface area (Å²) in [5, 5.41) is 1.69. The predicted octanol–water partition coefficient (Wildman–Crippen LogP) is 2.96. The maximum absolute atomic E-state index is 8.95. The van der Waals surface area contributed by atoms with E-state index in [0.29, 0.717) is 15.1 Å². The van der Waals surface area contributed by atoms with Gasteiger partial charge in [-0.15, -0.1) is 0 Å². The van der Waals surface area contributed by atoms with Gasteiger partial charge in [0.25, 0.3) is 0 Å². The Labute approximate surface area is 95.5 Å². The van der Waals surface area contributed by atoms with Crippen LogP contribution in [0.5, 0.6) is 0 Å². The smallest absolute Gasteiger partial charge is 0.300 e. The van der Waals surface area contributed by atoms with Crippen LogP contribution in [0.2, 0.25) is 15.1 Å². The Hall–Kier alpha value is -0.770. The lowest BCUT2D eigenvalue weighted by molar-refractivity contribution is -0.141. The van der Waals surface area contributed by atoms with Crippen LogP contribution in [0.3, 0.4) is 0 Å². The first-order valence-corrected chi connectivity index (χ1v) is 4.38. The summed E-state index contributed by atoms with van der Waals surface area (Å²) in [6.45, 7) is 0.125. The van der Waals surface area contributed by atoms with Crippen LogP contribution in [-0.4, -0.2) is 12.9 Å². The van der Waals surface area contributed by atoms with Gasteiger partial charge >= 0.3 is 12.9 Å². The minimum Gasteiger partial charge on any atom is -0.398 e. The van der Waals surface area contributed by atoms with Crippen LogP contribution in [0.4, 0.5) is 0 Å². The molecule has 76 valence electrons. The topological polar surface area (TPSA) is 43.4 Å². The van der Waals surface area contributed by atoms with Gasteiger partial charge in [-0.3, -0.25) is 9.59 Å². The Morgan fingerprint density at radius 3 is 1.29 bits per heavy atom. The summed E-state index contributed by atoms with van der Waals surface area (Å²) in [6.07, 6.45) is 0. The van der Waals surface area contributed by atoms with E-state index in [1.54, 1.807) is 18.2 Å². The molecule has 0 unspecified atom stereocenters. The second-order valence-corrected chi connectivity index (χ2v) is 3.23. The van der Waals surface area contributed by atoms with Crippen molar-refractivity contribution >= 4 is 47.7 Å². The standard InChI is InChI=1S/C6H3Cl3.C2H2O3/c7-4-1-5(8)3-6(9)2-4;3-1-5-2-4/h1-3H;1-2H. The number of carbonyl (C=O) groups is 2. The molecular formula is C8H5Cl3O3. The van der Waals surface area contributed by atoms with E-state index in [1.165, 1.54) is 0 Å². The average molecular weight is 255 g/mol. The van der Waals surface area contributed by atoms with Crippen LogP contribution in [-0.2, 0) is 14.3 Å². The highest BCUT2D eigenvalue weighted by Crippen LogP contribution is 2.21. The number of hydrogen-bond acceptors (Lipinski definition) is 3. The van der Waals surface area contributed by atoms with E-state index in [9.17, 15) is 0 Å². The second-order valence-electron chi connectivity index (χ2n) is 1.92. The van der Waals surface area contributed by atoms with E-state index < -0.39 is 0 Å². The van der Waals surface area contributed by atoms with Crippen molar-refractivity contribution in [3.05, 3.63) is 33.3 Å². The third-order valence-electron chi connectivity index (χ3n) is 0.938. The zero-order valence-electron chi connectivity index (χ0n) is 6.75.